The molecule has 1 amide bonds. The lowest BCUT2D eigenvalue weighted by Gasteiger charge is -2.22. The second-order valence-corrected chi connectivity index (χ2v) is 7.77. The van der Waals surface area contributed by atoms with Crippen LogP contribution in [0.2, 0.25) is 0 Å². The van der Waals surface area contributed by atoms with Gasteiger partial charge in [-0.3, -0.25) is 4.79 Å². The number of aryl methyl sites for hydroxylation is 1. The van der Waals surface area contributed by atoms with Crippen LogP contribution in [0.25, 0.3) is 0 Å². The first kappa shape index (κ1) is 21.1. The van der Waals surface area contributed by atoms with Crippen molar-refractivity contribution in [2.24, 2.45) is 5.92 Å². The number of nitrogens with zero attached hydrogens (tertiary/aromatic N) is 2. The number of esters is 1. The van der Waals surface area contributed by atoms with Gasteiger partial charge in [0, 0.05) is 18.3 Å². The van der Waals surface area contributed by atoms with Gasteiger partial charge in [0.05, 0.1) is 13.2 Å². The lowest BCUT2D eigenvalue weighted by atomic mass is 10.1. The number of benzene rings is 1. The minimum Gasteiger partial charge on any atom is -0.461 e. The predicted molar refractivity (Wildman–Crippen MR) is 108 cm³/mol. The van der Waals surface area contributed by atoms with Crippen molar-refractivity contribution in [1.29, 1.82) is 0 Å². The van der Waals surface area contributed by atoms with Crippen molar-refractivity contribution < 1.29 is 14.3 Å². The second-order valence-electron chi connectivity index (χ2n) is 6.83. The molecule has 27 heavy (non-hydrogen) atoms. The molecule has 0 saturated carbocycles. The zero-order valence-corrected chi connectivity index (χ0v) is 17.1. The fourth-order valence-electron chi connectivity index (χ4n) is 2.61. The van der Waals surface area contributed by atoms with Crippen molar-refractivity contribution in [2.75, 3.05) is 13.2 Å². The summed E-state index contributed by atoms with van der Waals surface area (Å²) in [5, 5.41) is 2.46. The maximum atomic E-state index is 12.8. The van der Waals surface area contributed by atoms with Gasteiger partial charge in [-0.05, 0) is 31.2 Å². The number of ether oxygens (including phenoxy) is 1. The first-order chi connectivity index (χ1) is 13.0. The molecule has 0 spiro atoms. The molecule has 5 nitrogen and oxygen atoms in total. The summed E-state index contributed by atoms with van der Waals surface area (Å²) in [4.78, 5) is 30.8. The summed E-state index contributed by atoms with van der Waals surface area (Å²) >= 11 is 1.39. The van der Waals surface area contributed by atoms with Gasteiger partial charge in [0.1, 0.15) is 5.01 Å². The smallest absolute Gasteiger partial charge is 0.357 e. The summed E-state index contributed by atoms with van der Waals surface area (Å²) in [6, 6.07) is 10.0. The number of hydrogen-bond acceptors (Lipinski definition) is 5. The van der Waals surface area contributed by atoms with E-state index in [4.69, 9.17) is 4.74 Å². The molecule has 2 rings (SSSR count). The highest BCUT2D eigenvalue weighted by Crippen LogP contribution is 2.16. The van der Waals surface area contributed by atoms with Crippen LogP contribution < -0.4 is 0 Å². The maximum absolute atomic E-state index is 12.8. The average molecular weight is 389 g/mol. The summed E-state index contributed by atoms with van der Waals surface area (Å²) in [7, 11) is 0. The largest absolute Gasteiger partial charge is 0.461 e. The van der Waals surface area contributed by atoms with Crippen LogP contribution in [0.15, 0.2) is 35.7 Å². The van der Waals surface area contributed by atoms with E-state index >= 15 is 0 Å². The number of carbonyl (C=O) groups excluding carboxylic acids is 2. The van der Waals surface area contributed by atoms with E-state index < -0.39 is 5.97 Å². The Balaban J connectivity index is 2.00. The fraction of sp³-hybridized carbons (Fsp3) is 0.476. The molecule has 146 valence electrons. The lowest BCUT2D eigenvalue weighted by molar-refractivity contribution is -0.132. The van der Waals surface area contributed by atoms with Crippen LogP contribution in [0.3, 0.4) is 0 Å². The molecular formula is C21H28N2O3S. The van der Waals surface area contributed by atoms with Crippen molar-refractivity contribution in [1.82, 2.24) is 9.88 Å². The van der Waals surface area contributed by atoms with Crippen LogP contribution in [0.5, 0.6) is 0 Å². The van der Waals surface area contributed by atoms with Crippen LogP contribution in [0, 0.1) is 5.92 Å². The first-order valence-electron chi connectivity index (χ1n) is 9.42. The number of hydrogen-bond donors (Lipinski definition) is 0. The number of rotatable bonds is 10. The van der Waals surface area contributed by atoms with E-state index in [-0.39, 0.29) is 5.91 Å². The van der Waals surface area contributed by atoms with Crippen LogP contribution in [-0.4, -0.2) is 34.9 Å². The average Bonchev–Trinajstić information content (AvgIpc) is 3.13. The van der Waals surface area contributed by atoms with E-state index in [1.807, 2.05) is 35.2 Å². The van der Waals surface area contributed by atoms with Gasteiger partial charge in [0.2, 0.25) is 5.91 Å². The molecule has 0 saturated heterocycles. The Bertz CT molecular complexity index is 728. The number of aromatic nitrogens is 1. The summed E-state index contributed by atoms with van der Waals surface area (Å²) < 4.78 is 4.98. The topological polar surface area (TPSA) is 59.5 Å². The van der Waals surface area contributed by atoms with Gasteiger partial charge in [-0.1, -0.05) is 44.2 Å². The molecule has 0 fully saturated rings. The molecule has 1 heterocycles. The monoisotopic (exact) mass is 388 g/mol. The Morgan fingerprint density at radius 2 is 1.96 bits per heavy atom. The Morgan fingerprint density at radius 3 is 2.63 bits per heavy atom. The number of thiazole rings is 1. The van der Waals surface area contributed by atoms with E-state index in [1.54, 1.807) is 12.3 Å². The quantitative estimate of drug-likeness (QED) is 0.569. The SMILES string of the molecule is CCOC(=O)c1csc(CN(CCC(C)C)C(=O)CCc2ccccc2)n1. The molecule has 0 aliphatic rings. The number of amides is 1. The Labute approximate surface area is 165 Å². The van der Waals surface area contributed by atoms with Crippen molar-refractivity contribution in [3.8, 4) is 0 Å². The fourth-order valence-corrected chi connectivity index (χ4v) is 3.38. The summed E-state index contributed by atoms with van der Waals surface area (Å²) in [6.45, 7) is 7.52. The Hall–Kier alpha value is -2.21. The highest BCUT2D eigenvalue weighted by Gasteiger charge is 2.18. The number of carbonyl (C=O) groups is 2. The van der Waals surface area contributed by atoms with Gasteiger partial charge in [-0.25, -0.2) is 9.78 Å². The minimum atomic E-state index is -0.413. The molecule has 2 aromatic rings. The van der Waals surface area contributed by atoms with Gasteiger partial charge in [0.25, 0.3) is 0 Å². The van der Waals surface area contributed by atoms with Gasteiger partial charge in [-0.15, -0.1) is 11.3 Å². The van der Waals surface area contributed by atoms with E-state index in [1.165, 1.54) is 11.3 Å². The Kier molecular flexibility index (Phi) is 8.45. The highest BCUT2D eigenvalue weighted by molar-refractivity contribution is 7.09. The van der Waals surface area contributed by atoms with Crippen LogP contribution >= 0.6 is 11.3 Å². The van der Waals surface area contributed by atoms with E-state index in [9.17, 15) is 9.59 Å². The van der Waals surface area contributed by atoms with E-state index in [2.05, 4.69) is 18.8 Å². The molecule has 0 unspecified atom stereocenters. The molecule has 0 radical (unpaired) electrons. The predicted octanol–water partition coefficient (Wildman–Crippen LogP) is 4.33. The van der Waals surface area contributed by atoms with Gasteiger partial charge < -0.3 is 9.64 Å². The molecular weight excluding hydrogens is 360 g/mol. The Morgan fingerprint density at radius 1 is 1.22 bits per heavy atom. The summed E-state index contributed by atoms with van der Waals surface area (Å²) in [5.74, 6) is 0.220. The second kappa shape index (κ2) is 10.8. The first-order valence-corrected chi connectivity index (χ1v) is 10.3. The molecule has 0 N–H and O–H groups in total. The van der Waals surface area contributed by atoms with Crippen molar-refractivity contribution >= 4 is 23.2 Å². The molecule has 6 heteroatoms. The van der Waals surface area contributed by atoms with Gasteiger partial charge in [-0.2, -0.15) is 0 Å². The van der Waals surface area contributed by atoms with Crippen molar-refractivity contribution in [3.05, 3.63) is 52.0 Å². The van der Waals surface area contributed by atoms with Crippen LogP contribution in [-0.2, 0) is 22.5 Å². The molecule has 0 bridgehead atoms. The van der Waals surface area contributed by atoms with Crippen LogP contribution in [0.1, 0.15) is 54.7 Å². The molecule has 1 aromatic carbocycles. The maximum Gasteiger partial charge on any atom is 0.357 e. The third-order valence-corrected chi connectivity index (χ3v) is 5.00. The highest BCUT2D eigenvalue weighted by atomic mass is 32.1. The van der Waals surface area contributed by atoms with Crippen molar-refractivity contribution in [2.45, 2.75) is 46.6 Å². The third kappa shape index (κ3) is 7.13. The van der Waals surface area contributed by atoms with Gasteiger partial charge >= 0.3 is 5.97 Å². The molecule has 0 atom stereocenters. The summed E-state index contributed by atoms with van der Waals surface area (Å²) in [6.07, 6.45) is 2.13. The third-order valence-electron chi connectivity index (χ3n) is 4.16. The minimum absolute atomic E-state index is 0.118. The van der Waals surface area contributed by atoms with E-state index in [0.29, 0.717) is 37.7 Å². The van der Waals surface area contributed by atoms with Gasteiger partial charge in [0.15, 0.2) is 5.69 Å². The van der Waals surface area contributed by atoms with Crippen molar-refractivity contribution in [3.63, 3.8) is 0 Å². The lowest BCUT2D eigenvalue weighted by Crippen LogP contribution is -2.32. The van der Waals surface area contributed by atoms with E-state index in [0.717, 1.165) is 23.4 Å². The molecule has 0 aliphatic heterocycles. The zero-order chi connectivity index (χ0) is 19.6. The standard InChI is InChI=1S/C21H28N2O3S/c1-4-26-21(25)18-15-27-19(22-18)14-23(13-12-16(2)3)20(24)11-10-17-8-6-5-7-9-17/h5-9,15-16H,4,10-14H2,1-3H3. The summed E-state index contributed by atoms with van der Waals surface area (Å²) in [5.41, 5.74) is 1.48. The molecule has 0 aliphatic carbocycles. The van der Waals surface area contributed by atoms with Crippen LogP contribution in [0.4, 0.5) is 0 Å². The normalized spacial score (nSPS) is 10.8. The molecule has 1 aromatic heterocycles. The zero-order valence-electron chi connectivity index (χ0n) is 16.3.